The van der Waals surface area contributed by atoms with Crippen molar-refractivity contribution in [1.82, 2.24) is 9.97 Å². The fraction of sp³-hybridized carbons (Fsp3) is 0.0357. The summed E-state index contributed by atoms with van der Waals surface area (Å²) in [6.45, 7) is 1.42. The number of hydrogen-bond donors (Lipinski definition) is 2. The number of benzene rings is 2. The van der Waals surface area contributed by atoms with Gasteiger partial charge in [-0.25, -0.2) is 0 Å². The Morgan fingerprint density at radius 2 is 1.26 bits per heavy atom. The van der Waals surface area contributed by atoms with E-state index in [-0.39, 0.29) is 63.7 Å². The molecule has 2 heterocycles. The predicted molar refractivity (Wildman–Crippen MR) is 151 cm³/mol. The SMILES string of the molecule is CC(=O)c1cc(Br)ccc1O.O=C(/C=C/c1ccccn1)c1cc(Br)ccc1O.O=Cc1ccccn1.[Na+].[OH-]. The van der Waals surface area contributed by atoms with Gasteiger partial charge >= 0.3 is 29.6 Å². The van der Waals surface area contributed by atoms with Crippen LogP contribution < -0.4 is 29.6 Å². The van der Waals surface area contributed by atoms with Gasteiger partial charge in [-0.05, 0) is 79.7 Å². The molecule has 4 aromatic rings. The number of aromatic hydroxyl groups is 2. The molecule has 3 N–H and O–H groups in total. The zero-order chi connectivity index (χ0) is 27.2. The van der Waals surface area contributed by atoms with E-state index in [1.165, 1.54) is 25.1 Å². The smallest absolute Gasteiger partial charge is 0.870 e. The zero-order valence-corrected chi connectivity index (χ0v) is 26.2. The molecule has 0 saturated carbocycles. The Kier molecular flexibility index (Phi) is 17.7. The maximum Gasteiger partial charge on any atom is 1.00 e. The third-order valence-electron chi connectivity index (χ3n) is 4.46. The molecule has 39 heavy (non-hydrogen) atoms. The van der Waals surface area contributed by atoms with Gasteiger partial charge in [0, 0.05) is 21.3 Å². The summed E-state index contributed by atoms with van der Waals surface area (Å²) in [5.41, 5.74) is 1.78. The molecule has 0 amide bonds. The van der Waals surface area contributed by atoms with Gasteiger partial charge in [-0.3, -0.25) is 24.4 Å². The molecule has 8 nitrogen and oxygen atoms in total. The third kappa shape index (κ3) is 13.1. The molecular formula is C28H23Br2N2NaO6. The molecule has 0 atom stereocenters. The van der Waals surface area contributed by atoms with Gasteiger partial charge in [0.2, 0.25) is 0 Å². The molecule has 4 rings (SSSR count). The van der Waals surface area contributed by atoms with Crippen LogP contribution in [0.4, 0.5) is 0 Å². The van der Waals surface area contributed by atoms with Crippen molar-refractivity contribution in [3.8, 4) is 11.5 Å². The molecule has 0 aliphatic rings. The molecule has 0 spiro atoms. The van der Waals surface area contributed by atoms with E-state index < -0.39 is 0 Å². The van der Waals surface area contributed by atoms with Crippen LogP contribution in [0.15, 0.2) is 100 Å². The summed E-state index contributed by atoms with van der Waals surface area (Å²) in [6.07, 6.45) is 6.97. The molecule has 0 unspecified atom stereocenters. The number of nitrogens with zero attached hydrogens (tertiary/aromatic N) is 2. The van der Waals surface area contributed by atoms with Gasteiger partial charge in [0.15, 0.2) is 17.9 Å². The number of aromatic nitrogens is 2. The number of carbonyl (C=O) groups is 3. The minimum Gasteiger partial charge on any atom is -0.870 e. The molecule has 0 aliphatic carbocycles. The molecule has 2 aromatic heterocycles. The van der Waals surface area contributed by atoms with Crippen LogP contribution in [0, 0.1) is 0 Å². The molecule has 2 aromatic carbocycles. The van der Waals surface area contributed by atoms with E-state index in [2.05, 4.69) is 41.8 Å². The number of rotatable bonds is 5. The summed E-state index contributed by atoms with van der Waals surface area (Å²) < 4.78 is 1.54. The van der Waals surface area contributed by atoms with E-state index in [0.717, 1.165) is 15.2 Å². The number of phenols is 2. The quantitative estimate of drug-likeness (QED) is 0.142. The van der Waals surface area contributed by atoms with E-state index in [0.29, 0.717) is 17.0 Å². The van der Waals surface area contributed by atoms with Crippen molar-refractivity contribution in [2.45, 2.75) is 6.92 Å². The first kappa shape index (κ1) is 36.0. The molecule has 0 fully saturated rings. The first-order valence-corrected chi connectivity index (χ1v) is 12.3. The van der Waals surface area contributed by atoms with Gasteiger partial charge in [0.05, 0.1) is 16.8 Å². The molecule has 0 radical (unpaired) electrons. The van der Waals surface area contributed by atoms with Crippen LogP contribution in [0.5, 0.6) is 11.5 Å². The van der Waals surface area contributed by atoms with Crippen molar-refractivity contribution in [2.24, 2.45) is 0 Å². The number of carbonyl (C=O) groups excluding carboxylic acids is 3. The van der Waals surface area contributed by atoms with Crippen LogP contribution in [-0.2, 0) is 0 Å². The van der Waals surface area contributed by atoms with E-state index in [4.69, 9.17) is 5.11 Å². The first-order valence-electron chi connectivity index (χ1n) is 10.7. The maximum absolute atomic E-state index is 11.9. The number of allylic oxidation sites excluding steroid dienone is 1. The Labute approximate surface area is 264 Å². The topological polar surface area (TPSA) is 147 Å². The predicted octanol–water partition coefficient (Wildman–Crippen LogP) is 3.52. The number of phenolic OH excluding ortho intramolecular Hbond substituents is 2. The minimum atomic E-state index is -0.264. The second kappa shape index (κ2) is 19.1. The molecule has 0 saturated heterocycles. The molecule has 196 valence electrons. The van der Waals surface area contributed by atoms with Crippen LogP contribution in [0.1, 0.15) is 43.8 Å². The fourth-order valence-corrected chi connectivity index (χ4v) is 3.39. The van der Waals surface area contributed by atoms with Gasteiger partial charge in [-0.1, -0.05) is 44.0 Å². The summed E-state index contributed by atoms with van der Waals surface area (Å²) in [5.74, 6) is -0.405. The van der Waals surface area contributed by atoms with Gasteiger partial charge in [-0.15, -0.1) is 0 Å². The first-order chi connectivity index (χ1) is 17.7. The second-order valence-electron chi connectivity index (χ2n) is 7.20. The van der Waals surface area contributed by atoms with Crippen LogP contribution in [0.25, 0.3) is 6.08 Å². The third-order valence-corrected chi connectivity index (χ3v) is 5.45. The van der Waals surface area contributed by atoms with Gasteiger partial charge in [-0.2, -0.15) is 0 Å². The van der Waals surface area contributed by atoms with E-state index in [1.54, 1.807) is 73.1 Å². The standard InChI is InChI=1S/C14H10BrNO2.C8H7BrO2.C6H5NO.Na.H2O/c15-10-4-6-13(17)12(9-10)14(18)7-5-11-3-1-2-8-16-11;1-5(10)7-4-6(9)2-3-8(7)11;8-5-6-3-1-2-4-7-6;;/h1-9,17H;2-4,11H,1H3;1-5H;;1H2/q;;;+1;/p-1/b7-5+;;;;. The van der Waals surface area contributed by atoms with Gasteiger partial charge < -0.3 is 15.7 Å². The maximum atomic E-state index is 11.9. The molecule has 0 aliphatic heterocycles. The Bertz CT molecular complexity index is 1390. The van der Waals surface area contributed by atoms with Gasteiger partial charge in [0.25, 0.3) is 0 Å². The van der Waals surface area contributed by atoms with Crippen molar-refractivity contribution in [1.29, 1.82) is 0 Å². The number of hydrogen-bond acceptors (Lipinski definition) is 8. The second-order valence-corrected chi connectivity index (χ2v) is 9.04. The molecular weight excluding hydrogens is 643 g/mol. The summed E-state index contributed by atoms with van der Waals surface area (Å²) >= 11 is 6.46. The number of halogens is 2. The Hall–Kier alpha value is -2.99. The number of pyridine rings is 2. The van der Waals surface area contributed by atoms with Crippen LogP contribution in [0.2, 0.25) is 0 Å². The minimum absolute atomic E-state index is 0. The van der Waals surface area contributed by atoms with Crippen LogP contribution >= 0.6 is 31.9 Å². The van der Waals surface area contributed by atoms with E-state index in [9.17, 15) is 19.5 Å². The van der Waals surface area contributed by atoms with Crippen LogP contribution in [-0.4, -0.2) is 43.5 Å². The van der Waals surface area contributed by atoms with Crippen molar-refractivity contribution in [3.05, 3.63) is 123 Å². The molecule has 11 heteroatoms. The number of aldehydes is 1. The monoisotopic (exact) mass is 664 g/mol. The number of ketones is 2. The normalized spacial score (nSPS) is 9.41. The van der Waals surface area contributed by atoms with E-state index in [1.807, 2.05) is 6.07 Å². The van der Waals surface area contributed by atoms with E-state index >= 15 is 0 Å². The Morgan fingerprint density at radius 3 is 1.67 bits per heavy atom. The number of Topliss-reactive ketones (excluding diaryl/α,β-unsaturated/α-hetero) is 1. The molecule has 0 bridgehead atoms. The van der Waals surface area contributed by atoms with Crippen molar-refractivity contribution in [3.63, 3.8) is 0 Å². The average Bonchev–Trinajstić information content (AvgIpc) is 2.91. The van der Waals surface area contributed by atoms with Gasteiger partial charge in [0.1, 0.15) is 17.2 Å². The average molecular weight is 666 g/mol. The fourth-order valence-electron chi connectivity index (χ4n) is 2.67. The summed E-state index contributed by atoms with van der Waals surface area (Å²) in [7, 11) is 0. The van der Waals surface area contributed by atoms with Crippen LogP contribution in [0.3, 0.4) is 0 Å². The zero-order valence-electron chi connectivity index (χ0n) is 21.0. The van der Waals surface area contributed by atoms with Crippen molar-refractivity contribution < 1.29 is 59.6 Å². The largest absolute Gasteiger partial charge is 1.00 e. The Morgan fingerprint density at radius 1 is 0.769 bits per heavy atom. The van der Waals surface area contributed by atoms with Crippen molar-refractivity contribution in [2.75, 3.05) is 0 Å². The summed E-state index contributed by atoms with van der Waals surface area (Å²) in [4.78, 5) is 40.5. The summed E-state index contributed by atoms with van der Waals surface area (Å²) in [6, 6.07) is 20.1. The van der Waals surface area contributed by atoms with Crippen molar-refractivity contribution >= 4 is 55.8 Å². The summed E-state index contributed by atoms with van der Waals surface area (Å²) in [5, 5.41) is 18.8. The Balaban J connectivity index is 0.000000591.